The number of fused-ring (bicyclic) bond motifs is 1. The maximum Gasteiger partial charge on any atom is 0.336 e. The minimum absolute atomic E-state index is 0.0380. The molecule has 55 heavy (non-hydrogen) atoms. The van der Waals surface area contributed by atoms with Crippen LogP contribution in [-0.2, 0) is 19.0 Å². The van der Waals surface area contributed by atoms with E-state index in [-0.39, 0.29) is 46.5 Å². The fraction of sp³-hybridized carbons (Fsp3) is 0.405. The fourth-order valence-corrected chi connectivity index (χ4v) is 6.24. The highest BCUT2D eigenvalue weighted by molar-refractivity contribution is 6.03. The van der Waals surface area contributed by atoms with Crippen molar-refractivity contribution in [3.63, 3.8) is 0 Å². The number of aliphatic hydroxyl groups is 6. The molecule has 18 nitrogen and oxygen atoms in total. The Hall–Kier alpha value is -5.02. The van der Waals surface area contributed by atoms with Gasteiger partial charge in [0.15, 0.2) is 29.7 Å². The fourth-order valence-electron chi connectivity index (χ4n) is 6.24. The molecular weight excluding hydrogens is 732 g/mol. The van der Waals surface area contributed by atoms with Gasteiger partial charge in [-0.2, -0.15) is 0 Å². The van der Waals surface area contributed by atoms with Crippen LogP contribution in [-0.4, -0.2) is 135 Å². The predicted octanol–water partition coefficient (Wildman–Crippen LogP) is 0.0839. The number of phenols is 2. The van der Waals surface area contributed by atoms with Crippen LogP contribution in [0.1, 0.15) is 34.0 Å². The van der Waals surface area contributed by atoms with E-state index >= 15 is 0 Å². The molecule has 8 N–H and O–H groups in total. The number of hydrogen-bond acceptors (Lipinski definition) is 18. The Morgan fingerprint density at radius 1 is 0.945 bits per heavy atom. The monoisotopic (exact) mass is 772 g/mol. The molecule has 0 amide bonds. The largest absolute Gasteiger partial charge is 0.507 e. The van der Waals surface area contributed by atoms with Crippen molar-refractivity contribution in [3.8, 4) is 40.2 Å². The van der Waals surface area contributed by atoms with E-state index in [2.05, 4.69) is 0 Å². The van der Waals surface area contributed by atoms with Crippen LogP contribution >= 0.6 is 0 Å². The number of rotatable bonds is 12. The SMILES string of the molecule is COc1cc(/C=C/C(=O)Oc2cc(O)c3c(c2)O[C@H](c2ccc(O[C@@H]4O[C@H](CO)[C@@H](O)[C@H](O)[C@H]4O[C@@H]4OC[C@](O)(CO)[C@@H]4O)cc2)CC3=O)cc(OC)c1O. The number of esters is 1. The Kier molecular flexibility index (Phi) is 11.8. The van der Waals surface area contributed by atoms with Crippen molar-refractivity contribution < 1.29 is 88.3 Å². The van der Waals surface area contributed by atoms with Gasteiger partial charge >= 0.3 is 5.97 Å². The molecule has 0 spiro atoms. The van der Waals surface area contributed by atoms with Gasteiger partial charge in [-0.25, -0.2) is 4.79 Å². The number of carbonyl (C=O) groups is 2. The summed E-state index contributed by atoms with van der Waals surface area (Å²) in [6.07, 6.45) is -9.40. The molecule has 6 rings (SSSR count). The summed E-state index contributed by atoms with van der Waals surface area (Å²) in [6, 6.07) is 11.5. The van der Waals surface area contributed by atoms with Crippen LogP contribution in [0.25, 0.3) is 6.08 Å². The summed E-state index contributed by atoms with van der Waals surface area (Å²) in [5.41, 5.74) is -1.17. The minimum atomic E-state index is -2.03. The van der Waals surface area contributed by atoms with Crippen molar-refractivity contribution in [2.75, 3.05) is 34.0 Å². The number of methoxy groups -OCH3 is 2. The highest BCUT2D eigenvalue weighted by Crippen LogP contribution is 2.43. The average Bonchev–Trinajstić information content (AvgIpc) is 3.46. The molecule has 3 heterocycles. The quantitative estimate of drug-likeness (QED) is 0.0688. The van der Waals surface area contributed by atoms with E-state index in [1.807, 2.05) is 0 Å². The molecule has 3 aromatic carbocycles. The molecule has 0 bridgehead atoms. The summed E-state index contributed by atoms with van der Waals surface area (Å²) in [5.74, 6) is -1.71. The number of ketones is 1. The Labute approximate surface area is 312 Å². The highest BCUT2D eigenvalue weighted by Gasteiger charge is 2.53. The van der Waals surface area contributed by atoms with Gasteiger partial charge in [0, 0.05) is 18.2 Å². The standard InChI is InChI=1S/C37H40O18/c1-48-25-9-17(10-26(49-2)30(25)43)3-8-28(42)51-20-11-21(40)29-22(41)13-23(53-24(29)12-20)18-4-6-19(7-5-18)52-35-33(32(45)31(44)27(14-38)54-35)55-36-34(46)37(47,15-39)16-50-36/h3-12,23,27,31-36,38-40,43-47H,13-16H2,1-2H3/b8-3+/t23-,27+,31+,32-,33+,34+,35+,36-,37+/m0/s1. The molecule has 0 aromatic heterocycles. The summed E-state index contributed by atoms with van der Waals surface area (Å²) < 4.78 is 44.2. The van der Waals surface area contributed by atoms with Crippen LogP contribution in [0.2, 0.25) is 0 Å². The van der Waals surface area contributed by atoms with Gasteiger partial charge in [-0.3, -0.25) is 4.79 Å². The summed E-state index contributed by atoms with van der Waals surface area (Å²) in [4.78, 5) is 25.8. The van der Waals surface area contributed by atoms with Crippen molar-refractivity contribution >= 4 is 17.8 Å². The molecule has 0 saturated carbocycles. The lowest BCUT2D eigenvalue weighted by Gasteiger charge is -2.42. The van der Waals surface area contributed by atoms with Gasteiger partial charge in [0.05, 0.1) is 40.5 Å². The van der Waals surface area contributed by atoms with E-state index in [4.69, 9.17) is 37.9 Å². The number of carbonyl (C=O) groups excluding carboxylic acids is 2. The summed E-state index contributed by atoms with van der Waals surface area (Å²) >= 11 is 0. The zero-order chi connectivity index (χ0) is 39.6. The van der Waals surface area contributed by atoms with E-state index in [1.165, 1.54) is 50.6 Å². The van der Waals surface area contributed by atoms with Gasteiger partial charge in [0.25, 0.3) is 0 Å². The van der Waals surface area contributed by atoms with Gasteiger partial charge in [-0.1, -0.05) is 12.1 Å². The zero-order valence-corrected chi connectivity index (χ0v) is 29.4. The van der Waals surface area contributed by atoms with Crippen molar-refractivity contribution in [2.24, 2.45) is 0 Å². The van der Waals surface area contributed by atoms with Crippen LogP contribution in [0.4, 0.5) is 0 Å². The summed E-state index contributed by atoms with van der Waals surface area (Å²) in [7, 11) is 2.72. The Morgan fingerprint density at radius 3 is 2.25 bits per heavy atom. The molecule has 3 aliphatic rings. The summed E-state index contributed by atoms with van der Waals surface area (Å²) in [5, 5.41) is 82.0. The van der Waals surface area contributed by atoms with Crippen molar-refractivity contribution in [2.45, 2.75) is 61.2 Å². The maximum absolute atomic E-state index is 13.1. The molecule has 296 valence electrons. The molecule has 2 saturated heterocycles. The first-order valence-corrected chi connectivity index (χ1v) is 16.9. The van der Waals surface area contributed by atoms with Crippen molar-refractivity contribution in [1.29, 1.82) is 0 Å². The third-order valence-corrected chi connectivity index (χ3v) is 9.31. The van der Waals surface area contributed by atoms with Crippen LogP contribution in [0.5, 0.6) is 40.2 Å². The molecule has 9 atom stereocenters. The average molecular weight is 773 g/mol. The zero-order valence-electron chi connectivity index (χ0n) is 29.4. The predicted molar refractivity (Wildman–Crippen MR) is 184 cm³/mol. The normalized spacial score (nSPS) is 29.1. The number of aliphatic hydroxyl groups excluding tert-OH is 5. The molecule has 0 radical (unpaired) electrons. The first-order chi connectivity index (χ1) is 26.3. The smallest absolute Gasteiger partial charge is 0.336 e. The molecule has 0 unspecified atom stereocenters. The van der Waals surface area contributed by atoms with E-state index in [9.17, 15) is 50.4 Å². The van der Waals surface area contributed by atoms with Gasteiger partial charge in [0.2, 0.25) is 12.0 Å². The highest BCUT2D eigenvalue weighted by atomic mass is 16.8. The lowest BCUT2D eigenvalue weighted by molar-refractivity contribution is -0.318. The second-order valence-corrected chi connectivity index (χ2v) is 13.0. The van der Waals surface area contributed by atoms with E-state index in [0.717, 1.165) is 12.1 Å². The summed E-state index contributed by atoms with van der Waals surface area (Å²) in [6.45, 7) is -2.02. The molecule has 0 aliphatic carbocycles. The number of aromatic hydroxyl groups is 2. The van der Waals surface area contributed by atoms with Gasteiger partial charge < -0.3 is 78.7 Å². The number of ether oxygens (including phenoxy) is 8. The first-order valence-electron chi connectivity index (χ1n) is 16.9. The first kappa shape index (κ1) is 39.7. The number of Topliss-reactive ketones (excluding diaryl/α,β-unsaturated/α-hetero) is 1. The second-order valence-electron chi connectivity index (χ2n) is 13.0. The van der Waals surface area contributed by atoms with E-state index in [0.29, 0.717) is 11.1 Å². The molecular formula is C37H40O18. The second kappa shape index (κ2) is 16.4. The number of benzene rings is 3. The molecule has 3 aliphatic heterocycles. The molecule has 18 heteroatoms. The van der Waals surface area contributed by atoms with Gasteiger partial charge in [-0.15, -0.1) is 0 Å². The Balaban J connectivity index is 1.14. The third kappa shape index (κ3) is 8.18. The van der Waals surface area contributed by atoms with Crippen molar-refractivity contribution in [3.05, 3.63) is 71.3 Å². The Bertz CT molecular complexity index is 1870. The van der Waals surface area contributed by atoms with E-state index < -0.39 is 92.1 Å². The molecule has 2 fully saturated rings. The minimum Gasteiger partial charge on any atom is -0.507 e. The lowest BCUT2D eigenvalue weighted by Crippen LogP contribution is -2.62. The van der Waals surface area contributed by atoms with Crippen LogP contribution in [0, 0.1) is 0 Å². The molecule has 3 aromatic rings. The van der Waals surface area contributed by atoms with Gasteiger partial charge in [-0.05, 0) is 41.5 Å². The van der Waals surface area contributed by atoms with Gasteiger partial charge in [0.1, 0.15) is 64.7 Å². The van der Waals surface area contributed by atoms with Crippen LogP contribution < -0.4 is 23.7 Å². The van der Waals surface area contributed by atoms with Crippen LogP contribution in [0.15, 0.2) is 54.6 Å². The van der Waals surface area contributed by atoms with E-state index in [1.54, 1.807) is 12.1 Å². The lowest BCUT2D eigenvalue weighted by atomic mass is 9.95. The van der Waals surface area contributed by atoms with Crippen LogP contribution in [0.3, 0.4) is 0 Å². The Morgan fingerprint density at radius 2 is 1.64 bits per heavy atom. The van der Waals surface area contributed by atoms with Crippen molar-refractivity contribution in [1.82, 2.24) is 0 Å². The number of phenolic OH excluding ortho intramolecular Hbond substituents is 2. The third-order valence-electron chi connectivity index (χ3n) is 9.31. The number of hydrogen-bond donors (Lipinski definition) is 8. The maximum atomic E-state index is 13.1. The topological polar surface area (TPSA) is 270 Å².